The van der Waals surface area contributed by atoms with E-state index in [1.807, 2.05) is 29.6 Å². The van der Waals surface area contributed by atoms with Crippen LogP contribution >= 0.6 is 11.6 Å². The number of halogens is 1. The molecule has 4 rings (SSSR count). The first-order valence-corrected chi connectivity index (χ1v) is 13.6. The molecule has 9 nitrogen and oxygen atoms in total. The van der Waals surface area contributed by atoms with Crippen molar-refractivity contribution in [2.24, 2.45) is 5.73 Å². The van der Waals surface area contributed by atoms with E-state index in [0.717, 1.165) is 5.56 Å². The fraction of sp³-hybridized carbons (Fsp3) is 0.121. The molecule has 0 aliphatic heterocycles. The summed E-state index contributed by atoms with van der Waals surface area (Å²) in [6, 6.07) is 25.7. The average molecular weight is 600 g/mol. The number of carbonyl (C=O) groups excluding carboxylic acids is 3. The van der Waals surface area contributed by atoms with Crippen LogP contribution < -0.4 is 30.6 Å². The summed E-state index contributed by atoms with van der Waals surface area (Å²) in [6.45, 7) is 0. The van der Waals surface area contributed by atoms with Gasteiger partial charge in [-0.2, -0.15) is 0 Å². The Morgan fingerprint density at radius 3 is 1.93 bits per heavy atom. The number of primary amides is 1. The van der Waals surface area contributed by atoms with Crippen molar-refractivity contribution in [1.82, 2.24) is 5.32 Å². The molecule has 0 unspecified atom stereocenters. The first-order chi connectivity index (χ1) is 20.7. The molecule has 0 heterocycles. The predicted octanol–water partition coefficient (Wildman–Crippen LogP) is 6.46. The zero-order chi connectivity index (χ0) is 30.8. The maximum absolute atomic E-state index is 13.5. The number of imide groups is 1. The number of nitrogens with one attached hydrogen (secondary N) is 2. The summed E-state index contributed by atoms with van der Waals surface area (Å²) < 4.78 is 16.8. The van der Waals surface area contributed by atoms with E-state index >= 15 is 0 Å². The van der Waals surface area contributed by atoms with Crippen molar-refractivity contribution in [2.75, 3.05) is 19.5 Å². The number of urea groups is 1. The molecule has 43 heavy (non-hydrogen) atoms. The second-order valence-electron chi connectivity index (χ2n) is 9.35. The Morgan fingerprint density at radius 2 is 1.37 bits per heavy atom. The van der Waals surface area contributed by atoms with Gasteiger partial charge in [0, 0.05) is 28.8 Å². The number of nitrogens with two attached hydrogens (primary N) is 1. The molecule has 0 aliphatic rings. The molecule has 10 heteroatoms. The maximum atomic E-state index is 13.5. The highest BCUT2D eigenvalue weighted by atomic mass is 35.5. The van der Waals surface area contributed by atoms with Crippen LogP contribution in [0.4, 0.5) is 10.5 Å². The molecule has 0 saturated heterocycles. The third-order valence-electron chi connectivity index (χ3n) is 6.26. The molecule has 0 radical (unpaired) electrons. The number of ether oxygens (including phenoxy) is 3. The van der Waals surface area contributed by atoms with E-state index in [9.17, 15) is 14.4 Å². The van der Waals surface area contributed by atoms with E-state index < -0.39 is 11.9 Å². The van der Waals surface area contributed by atoms with E-state index in [4.69, 9.17) is 31.5 Å². The third kappa shape index (κ3) is 9.11. The molecule has 0 atom stereocenters. The minimum Gasteiger partial charge on any atom is -0.497 e. The topological polar surface area (TPSA) is 129 Å². The van der Waals surface area contributed by atoms with Crippen LogP contribution in [-0.2, 0) is 16.0 Å². The summed E-state index contributed by atoms with van der Waals surface area (Å²) in [7, 11) is 3.13. The SMILES string of the molecule is COc1cc(/C=C(/C(=O)Nc2ccc(Cl)cc2)c2ccc(Oc3ccc(CCC(=O)NC(N)=O)cc3)cc2)cc(OC)c1. The fourth-order valence-corrected chi connectivity index (χ4v) is 4.24. The number of hydrogen-bond donors (Lipinski definition) is 3. The Kier molecular flexibility index (Phi) is 10.4. The molecular formula is C33H30ClN3O6. The van der Waals surface area contributed by atoms with Gasteiger partial charge in [0.2, 0.25) is 5.91 Å². The average Bonchev–Trinajstić information content (AvgIpc) is 3.00. The molecule has 0 aliphatic carbocycles. The van der Waals surface area contributed by atoms with Crippen LogP contribution in [0.25, 0.3) is 11.6 Å². The Labute approximate surface area is 254 Å². The molecule has 4 aromatic rings. The highest BCUT2D eigenvalue weighted by Crippen LogP contribution is 2.29. The summed E-state index contributed by atoms with van der Waals surface area (Å²) in [5.41, 5.74) is 8.24. The maximum Gasteiger partial charge on any atom is 0.318 e. The highest BCUT2D eigenvalue weighted by molar-refractivity contribution is 6.31. The van der Waals surface area contributed by atoms with E-state index in [0.29, 0.717) is 56.8 Å². The van der Waals surface area contributed by atoms with Crippen LogP contribution in [0.2, 0.25) is 5.02 Å². The van der Waals surface area contributed by atoms with E-state index in [-0.39, 0.29) is 12.3 Å². The van der Waals surface area contributed by atoms with E-state index in [1.54, 1.807) is 87.0 Å². The van der Waals surface area contributed by atoms with Crippen LogP contribution in [-0.4, -0.2) is 32.1 Å². The molecule has 0 bridgehead atoms. The van der Waals surface area contributed by atoms with Gasteiger partial charge in [-0.25, -0.2) is 4.79 Å². The van der Waals surface area contributed by atoms with Crippen molar-refractivity contribution in [2.45, 2.75) is 12.8 Å². The lowest BCUT2D eigenvalue weighted by Gasteiger charge is -2.12. The van der Waals surface area contributed by atoms with Crippen molar-refractivity contribution in [1.29, 1.82) is 0 Å². The summed E-state index contributed by atoms with van der Waals surface area (Å²) in [4.78, 5) is 35.9. The lowest BCUT2D eigenvalue weighted by molar-refractivity contribution is -0.120. The summed E-state index contributed by atoms with van der Waals surface area (Å²) in [6.07, 6.45) is 2.34. The molecule has 0 saturated carbocycles. The van der Waals surface area contributed by atoms with Gasteiger partial charge in [0.1, 0.15) is 23.0 Å². The van der Waals surface area contributed by atoms with Gasteiger partial charge in [-0.3, -0.25) is 14.9 Å². The Balaban J connectivity index is 1.54. The second-order valence-corrected chi connectivity index (χ2v) is 9.78. The Morgan fingerprint density at radius 1 is 0.791 bits per heavy atom. The van der Waals surface area contributed by atoms with Gasteiger partial charge in [0.05, 0.1) is 14.2 Å². The van der Waals surface area contributed by atoms with E-state index in [1.165, 1.54) is 0 Å². The van der Waals surface area contributed by atoms with Crippen molar-refractivity contribution in [3.63, 3.8) is 0 Å². The van der Waals surface area contributed by atoms with E-state index in [2.05, 4.69) is 5.32 Å². The molecule has 4 aromatic carbocycles. The quantitative estimate of drug-likeness (QED) is 0.134. The number of carbonyl (C=O) groups is 3. The minimum absolute atomic E-state index is 0.134. The largest absolute Gasteiger partial charge is 0.497 e. The molecule has 0 aromatic heterocycles. The third-order valence-corrected chi connectivity index (χ3v) is 6.51. The van der Waals surface area contributed by atoms with Crippen molar-refractivity contribution in [3.05, 3.63) is 113 Å². The number of benzene rings is 4. The number of amides is 4. The Bertz CT molecular complexity index is 1600. The molecule has 0 fully saturated rings. The first kappa shape index (κ1) is 30.7. The van der Waals surface area contributed by atoms with Gasteiger partial charge in [-0.15, -0.1) is 0 Å². The lowest BCUT2D eigenvalue weighted by atomic mass is 10.0. The van der Waals surface area contributed by atoms with Crippen LogP contribution in [0.15, 0.2) is 91.0 Å². The van der Waals surface area contributed by atoms with Crippen LogP contribution in [0.5, 0.6) is 23.0 Å². The highest BCUT2D eigenvalue weighted by Gasteiger charge is 2.15. The summed E-state index contributed by atoms with van der Waals surface area (Å²) in [5, 5.41) is 5.53. The van der Waals surface area contributed by atoms with Crippen LogP contribution in [0.3, 0.4) is 0 Å². The predicted molar refractivity (Wildman–Crippen MR) is 167 cm³/mol. The molecule has 0 spiro atoms. The van der Waals surface area contributed by atoms with Crippen LogP contribution in [0, 0.1) is 0 Å². The number of rotatable bonds is 11. The summed E-state index contributed by atoms with van der Waals surface area (Å²) >= 11 is 6.00. The van der Waals surface area contributed by atoms with Gasteiger partial charge >= 0.3 is 6.03 Å². The molecule has 4 amide bonds. The molecule has 220 valence electrons. The lowest BCUT2D eigenvalue weighted by Crippen LogP contribution is -2.35. The smallest absolute Gasteiger partial charge is 0.318 e. The molecular weight excluding hydrogens is 570 g/mol. The summed E-state index contributed by atoms with van der Waals surface area (Å²) in [5.74, 6) is 1.58. The fourth-order valence-electron chi connectivity index (χ4n) is 4.11. The van der Waals surface area contributed by atoms with Crippen molar-refractivity contribution >= 4 is 46.8 Å². The van der Waals surface area contributed by atoms with Crippen molar-refractivity contribution in [3.8, 4) is 23.0 Å². The normalized spacial score (nSPS) is 10.9. The number of aryl methyl sites for hydroxylation is 1. The zero-order valence-electron chi connectivity index (χ0n) is 23.6. The second kappa shape index (κ2) is 14.6. The van der Waals surface area contributed by atoms with Gasteiger partial charge in [-0.05, 0) is 89.9 Å². The van der Waals surface area contributed by atoms with Crippen LogP contribution in [0.1, 0.15) is 23.1 Å². The number of anilines is 1. The minimum atomic E-state index is -0.870. The van der Waals surface area contributed by atoms with Crippen molar-refractivity contribution < 1.29 is 28.6 Å². The zero-order valence-corrected chi connectivity index (χ0v) is 24.3. The molecule has 4 N–H and O–H groups in total. The number of hydrogen-bond acceptors (Lipinski definition) is 6. The monoisotopic (exact) mass is 599 g/mol. The van der Waals surface area contributed by atoms with Gasteiger partial charge in [0.15, 0.2) is 0 Å². The van der Waals surface area contributed by atoms with Gasteiger partial charge in [0.25, 0.3) is 5.91 Å². The van der Waals surface area contributed by atoms with Gasteiger partial charge < -0.3 is 25.3 Å². The number of methoxy groups -OCH3 is 2. The first-order valence-electron chi connectivity index (χ1n) is 13.2. The Hall–Kier alpha value is -5.28. The standard InChI is InChI=1S/C33H30ClN3O6/c1-41-28-17-22(18-29(20-28)42-2)19-30(32(39)36-25-10-8-24(34)9-11-25)23-6-14-27(15-7-23)43-26-12-3-21(4-13-26)5-16-31(38)37-33(35)40/h3-4,6-15,17-20H,5,16H2,1-2H3,(H,36,39)(H3,35,37,38,40)/b30-19+. The van der Waals surface area contributed by atoms with Gasteiger partial charge in [-0.1, -0.05) is 35.9 Å².